The van der Waals surface area contributed by atoms with Gasteiger partial charge in [0.25, 0.3) is 0 Å². The number of unbranched alkanes of at least 4 members (excludes halogenated alkanes) is 1. The van der Waals surface area contributed by atoms with Crippen molar-refractivity contribution < 1.29 is 0 Å². The van der Waals surface area contributed by atoms with Gasteiger partial charge in [0.05, 0.1) is 5.69 Å². The number of aromatic nitrogens is 2. The third kappa shape index (κ3) is 4.12. The zero-order valence-corrected chi connectivity index (χ0v) is 14.7. The largest absolute Gasteiger partial charge is 0.282 e. The summed E-state index contributed by atoms with van der Waals surface area (Å²) in [7, 11) is 1.95. The van der Waals surface area contributed by atoms with Crippen molar-refractivity contribution in [1.29, 1.82) is 0 Å². The molecule has 0 radical (unpaired) electrons. The van der Waals surface area contributed by atoms with E-state index in [1.54, 1.807) is 0 Å². The number of aromatic amines is 1. The standard InChI is InChI=1S/C20H23N5/c1-3-4-15-25(2)24-23-20-18(16-11-7-5-8-12-16)21-22-19(20)17-13-9-6-10-14-17/h5-14H,3-4,15H2,1-2H3,(H,21,22). The zero-order chi connectivity index (χ0) is 17.5. The van der Waals surface area contributed by atoms with Crippen molar-refractivity contribution in [3.8, 4) is 22.5 Å². The Morgan fingerprint density at radius 1 is 0.960 bits per heavy atom. The monoisotopic (exact) mass is 333 g/mol. The molecule has 0 amide bonds. The summed E-state index contributed by atoms with van der Waals surface area (Å²) < 4.78 is 0. The van der Waals surface area contributed by atoms with Crippen molar-refractivity contribution in [2.24, 2.45) is 10.3 Å². The summed E-state index contributed by atoms with van der Waals surface area (Å²) in [5.41, 5.74) is 4.52. The maximum atomic E-state index is 4.53. The highest BCUT2D eigenvalue weighted by Gasteiger charge is 2.16. The van der Waals surface area contributed by atoms with Crippen LogP contribution >= 0.6 is 0 Å². The molecule has 128 valence electrons. The lowest BCUT2D eigenvalue weighted by molar-refractivity contribution is 0.326. The van der Waals surface area contributed by atoms with E-state index in [-0.39, 0.29) is 0 Å². The van der Waals surface area contributed by atoms with Gasteiger partial charge in [0.15, 0.2) is 0 Å². The first-order valence-electron chi connectivity index (χ1n) is 8.61. The predicted molar refractivity (Wildman–Crippen MR) is 102 cm³/mol. The van der Waals surface area contributed by atoms with Gasteiger partial charge >= 0.3 is 0 Å². The van der Waals surface area contributed by atoms with Crippen molar-refractivity contribution in [3.63, 3.8) is 0 Å². The maximum Gasteiger partial charge on any atom is 0.141 e. The molecule has 5 heteroatoms. The Morgan fingerprint density at radius 2 is 1.60 bits per heavy atom. The molecule has 0 saturated carbocycles. The molecule has 25 heavy (non-hydrogen) atoms. The van der Waals surface area contributed by atoms with E-state index in [9.17, 15) is 0 Å². The highest BCUT2D eigenvalue weighted by atomic mass is 15.5. The van der Waals surface area contributed by atoms with Crippen molar-refractivity contribution in [2.75, 3.05) is 13.6 Å². The van der Waals surface area contributed by atoms with E-state index in [1.165, 1.54) is 0 Å². The van der Waals surface area contributed by atoms with E-state index in [0.29, 0.717) is 0 Å². The molecule has 2 aromatic carbocycles. The van der Waals surface area contributed by atoms with Crippen LogP contribution < -0.4 is 0 Å². The molecule has 0 aliphatic rings. The maximum absolute atomic E-state index is 4.53. The van der Waals surface area contributed by atoms with E-state index in [4.69, 9.17) is 0 Å². The van der Waals surface area contributed by atoms with Crippen LogP contribution in [0.3, 0.4) is 0 Å². The number of benzene rings is 2. The Labute approximate surface area is 148 Å². The molecule has 0 spiro atoms. The number of hydrogen-bond acceptors (Lipinski definition) is 3. The summed E-state index contributed by atoms with van der Waals surface area (Å²) in [6.45, 7) is 3.06. The van der Waals surface area contributed by atoms with Crippen LogP contribution in [0.25, 0.3) is 22.5 Å². The SMILES string of the molecule is CCCCN(C)N=Nc1c(-c2ccccc2)n[nH]c1-c1ccccc1. The summed E-state index contributed by atoms with van der Waals surface area (Å²) in [5, 5.41) is 18.4. The fourth-order valence-electron chi connectivity index (χ4n) is 2.59. The minimum Gasteiger partial charge on any atom is -0.282 e. The fourth-order valence-corrected chi connectivity index (χ4v) is 2.59. The molecule has 0 bridgehead atoms. The van der Waals surface area contributed by atoms with Gasteiger partial charge in [-0.3, -0.25) is 10.1 Å². The second-order valence-corrected chi connectivity index (χ2v) is 5.95. The summed E-state index contributed by atoms with van der Waals surface area (Å²) in [6, 6.07) is 20.2. The second-order valence-electron chi connectivity index (χ2n) is 5.95. The Morgan fingerprint density at radius 3 is 2.24 bits per heavy atom. The van der Waals surface area contributed by atoms with E-state index in [0.717, 1.165) is 47.6 Å². The highest BCUT2D eigenvalue weighted by Crippen LogP contribution is 2.37. The number of rotatable bonds is 7. The quantitative estimate of drug-likeness (QED) is 0.460. The number of hydrogen-bond donors (Lipinski definition) is 1. The van der Waals surface area contributed by atoms with Gasteiger partial charge in [-0.25, -0.2) is 0 Å². The van der Waals surface area contributed by atoms with Crippen LogP contribution in [-0.2, 0) is 0 Å². The minimum absolute atomic E-state index is 0.765. The average Bonchev–Trinajstić information content (AvgIpc) is 3.10. The van der Waals surface area contributed by atoms with E-state index >= 15 is 0 Å². The Bertz CT molecular complexity index is 752. The van der Waals surface area contributed by atoms with Crippen LogP contribution in [0.4, 0.5) is 5.69 Å². The van der Waals surface area contributed by atoms with Crippen LogP contribution in [0.2, 0.25) is 0 Å². The summed E-state index contributed by atoms with van der Waals surface area (Å²) in [4.78, 5) is 0. The van der Waals surface area contributed by atoms with Crippen LogP contribution in [0.15, 0.2) is 71.0 Å². The molecule has 0 aliphatic heterocycles. The first-order chi connectivity index (χ1) is 12.3. The molecule has 1 aromatic heterocycles. The molecule has 1 heterocycles. The number of nitrogens with one attached hydrogen (secondary N) is 1. The van der Waals surface area contributed by atoms with Gasteiger partial charge in [-0.05, 0) is 6.42 Å². The van der Waals surface area contributed by atoms with Crippen molar-refractivity contribution in [2.45, 2.75) is 19.8 Å². The fraction of sp³-hybridized carbons (Fsp3) is 0.250. The van der Waals surface area contributed by atoms with Crippen LogP contribution in [-0.4, -0.2) is 28.8 Å². The average molecular weight is 333 g/mol. The van der Waals surface area contributed by atoms with Gasteiger partial charge in [-0.1, -0.05) is 79.2 Å². The highest BCUT2D eigenvalue weighted by molar-refractivity contribution is 5.84. The van der Waals surface area contributed by atoms with Gasteiger partial charge in [-0.15, -0.1) is 5.11 Å². The van der Waals surface area contributed by atoms with Gasteiger partial charge in [0.2, 0.25) is 0 Å². The second kappa shape index (κ2) is 8.24. The topological polar surface area (TPSA) is 56.6 Å². The first kappa shape index (κ1) is 16.9. The lowest BCUT2D eigenvalue weighted by Gasteiger charge is -2.10. The summed E-state index contributed by atoms with van der Waals surface area (Å²) in [6.07, 6.45) is 2.23. The van der Waals surface area contributed by atoms with Crippen molar-refractivity contribution >= 4 is 5.69 Å². The van der Waals surface area contributed by atoms with E-state index in [2.05, 4.69) is 27.5 Å². The summed E-state index contributed by atoms with van der Waals surface area (Å²) >= 11 is 0. The van der Waals surface area contributed by atoms with Crippen molar-refractivity contribution in [3.05, 3.63) is 60.7 Å². The van der Waals surface area contributed by atoms with Crippen LogP contribution in [0, 0.1) is 0 Å². The van der Waals surface area contributed by atoms with Crippen LogP contribution in [0.1, 0.15) is 19.8 Å². The van der Waals surface area contributed by atoms with Gasteiger partial charge < -0.3 is 0 Å². The molecule has 1 N–H and O–H groups in total. The van der Waals surface area contributed by atoms with Gasteiger partial charge in [-0.2, -0.15) is 5.10 Å². The third-order valence-corrected chi connectivity index (χ3v) is 3.98. The molecule has 0 unspecified atom stereocenters. The Hall–Kier alpha value is -2.95. The predicted octanol–water partition coefficient (Wildman–Crippen LogP) is 5.47. The molecule has 0 aliphatic carbocycles. The van der Waals surface area contributed by atoms with E-state index in [1.807, 2.05) is 72.7 Å². The lowest BCUT2D eigenvalue weighted by Crippen LogP contribution is -2.11. The number of H-pyrrole nitrogens is 1. The Balaban J connectivity index is 2.00. The molecule has 3 rings (SSSR count). The molecular formula is C20H23N5. The molecule has 0 fully saturated rings. The zero-order valence-electron chi connectivity index (χ0n) is 14.7. The molecule has 3 aromatic rings. The van der Waals surface area contributed by atoms with Gasteiger partial charge in [0, 0.05) is 24.7 Å². The minimum atomic E-state index is 0.765. The normalized spacial score (nSPS) is 11.1. The van der Waals surface area contributed by atoms with Crippen LogP contribution in [0.5, 0.6) is 0 Å². The number of nitrogens with zero attached hydrogens (tertiary/aromatic N) is 4. The van der Waals surface area contributed by atoms with Gasteiger partial charge in [0.1, 0.15) is 11.4 Å². The molecule has 0 atom stereocenters. The third-order valence-electron chi connectivity index (χ3n) is 3.98. The smallest absolute Gasteiger partial charge is 0.141 e. The Kier molecular flexibility index (Phi) is 5.57. The molecular weight excluding hydrogens is 310 g/mol. The molecule has 0 saturated heterocycles. The lowest BCUT2D eigenvalue weighted by atomic mass is 10.1. The first-order valence-corrected chi connectivity index (χ1v) is 8.61. The summed E-state index contributed by atoms with van der Waals surface area (Å²) in [5.74, 6) is 0. The molecule has 5 nitrogen and oxygen atoms in total. The van der Waals surface area contributed by atoms with E-state index < -0.39 is 0 Å². The van der Waals surface area contributed by atoms with Crippen molar-refractivity contribution in [1.82, 2.24) is 15.2 Å².